The van der Waals surface area contributed by atoms with Gasteiger partial charge in [-0.2, -0.15) is 23.7 Å². The van der Waals surface area contributed by atoms with Gasteiger partial charge in [-0.25, -0.2) is 0 Å². The molecule has 0 saturated heterocycles. The number of thiophene rings is 2. The van der Waals surface area contributed by atoms with Gasteiger partial charge in [-0.15, -0.1) is 22.7 Å². The van der Waals surface area contributed by atoms with Crippen LogP contribution >= 0.6 is 22.7 Å². The zero-order chi connectivity index (χ0) is 40.4. The van der Waals surface area contributed by atoms with E-state index in [1.807, 2.05) is 75.9 Å². The standard InChI is InChI=1S/C51H25F3N4S2/c52-51(53,54)40-19-28(26-55)17-18-30(40)29-20-43(57-41-13-5-1-9-31(41)35-22-37-33-11-3-7-15-47(33)59-49(37)24-45(35)57)39(27-56)44(21-29)58-42-14-6-2-10-32(42)36-23-38-34-12-4-8-16-48(34)60-50(38)25-46(36)58/h1-25H. The molecule has 0 radical (unpaired) electrons. The van der Waals surface area contributed by atoms with Crippen molar-refractivity contribution in [1.82, 2.24) is 9.13 Å². The molecule has 0 unspecified atom stereocenters. The number of benzene rings is 8. The van der Waals surface area contributed by atoms with Crippen LogP contribution in [0.5, 0.6) is 0 Å². The smallest absolute Gasteiger partial charge is 0.308 e. The monoisotopic (exact) mass is 814 g/mol. The van der Waals surface area contributed by atoms with E-state index in [4.69, 9.17) is 0 Å². The largest absolute Gasteiger partial charge is 0.417 e. The Labute approximate surface area is 347 Å². The Bertz CT molecular complexity index is 3710. The van der Waals surface area contributed by atoms with E-state index in [-0.39, 0.29) is 16.7 Å². The van der Waals surface area contributed by atoms with E-state index in [1.54, 1.807) is 34.8 Å². The third-order valence-electron chi connectivity index (χ3n) is 11.8. The maximum atomic E-state index is 15.1. The fraction of sp³-hybridized carbons (Fsp3) is 0.0196. The number of fused-ring (bicyclic) bond motifs is 12. The van der Waals surface area contributed by atoms with Gasteiger partial charge in [0.05, 0.1) is 50.6 Å². The number of nitriles is 2. The Balaban J connectivity index is 1.26. The van der Waals surface area contributed by atoms with Crippen LogP contribution in [0.2, 0.25) is 0 Å². The van der Waals surface area contributed by atoms with Gasteiger partial charge < -0.3 is 9.13 Å². The summed E-state index contributed by atoms with van der Waals surface area (Å²) < 4.78 is 53.7. The highest BCUT2D eigenvalue weighted by Crippen LogP contribution is 2.46. The predicted molar refractivity (Wildman–Crippen MR) is 241 cm³/mol. The lowest BCUT2D eigenvalue weighted by Gasteiger charge is -2.20. The molecule has 0 saturated carbocycles. The molecular weight excluding hydrogens is 790 g/mol. The summed E-state index contributed by atoms with van der Waals surface area (Å²) in [4.78, 5) is 0. The van der Waals surface area contributed by atoms with Crippen LogP contribution in [0.15, 0.2) is 152 Å². The Morgan fingerprint density at radius 3 is 1.40 bits per heavy atom. The van der Waals surface area contributed by atoms with Crippen LogP contribution in [0.4, 0.5) is 13.2 Å². The molecule has 12 rings (SSSR count). The lowest BCUT2D eigenvalue weighted by molar-refractivity contribution is -0.137. The van der Waals surface area contributed by atoms with Crippen molar-refractivity contribution in [2.45, 2.75) is 6.18 Å². The zero-order valence-corrected chi connectivity index (χ0v) is 32.8. The number of alkyl halides is 3. The van der Waals surface area contributed by atoms with Crippen LogP contribution in [-0.4, -0.2) is 9.13 Å². The van der Waals surface area contributed by atoms with E-state index in [9.17, 15) is 10.5 Å². The van der Waals surface area contributed by atoms with Crippen molar-refractivity contribution in [2.75, 3.05) is 0 Å². The Morgan fingerprint density at radius 1 is 0.433 bits per heavy atom. The molecule has 4 nitrogen and oxygen atoms in total. The van der Waals surface area contributed by atoms with Crippen molar-refractivity contribution in [3.8, 4) is 34.6 Å². The first-order valence-corrected chi connectivity index (χ1v) is 20.8. The number of aromatic nitrogens is 2. The van der Waals surface area contributed by atoms with Crippen molar-refractivity contribution in [3.63, 3.8) is 0 Å². The number of para-hydroxylation sites is 2. The summed E-state index contributed by atoms with van der Waals surface area (Å²) in [6.45, 7) is 0. The van der Waals surface area contributed by atoms with Gasteiger partial charge in [0, 0.05) is 61.9 Å². The van der Waals surface area contributed by atoms with Crippen LogP contribution in [0.25, 0.3) is 106 Å². The van der Waals surface area contributed by atoms with E-state index >= 15 is 13.2 Å². The molecule has 0 aliphatic carbocycles. The van der Waals surface area contributed by atoms with Gasteiger partial charge in [0.2, 0.25) is 0 Å². The Hall–Kier alpha value is -7.43. The minimum atomic E-state index is -4.77. The van der Waals surface area contributed by atoms with Crippen LogP contribution in [-0.2, 0) is 6.18 Å². The molecule has 0 fully saturated rings. The third kappa shape index (κ3) is 4.88. The molecule has 0 aliphatic rings. The molecule has 4 aromatic heterocycles. The molecule has 0 spiro atoms. The van der Waals surface area contributed by atoms with Gasteiger partial charge in [-0.05, 0) is 83.9 Å². The van der Waals surface area contributed by atoms with Crippen LogP contribution in [0.3, 0.4) is 0 Å². The van der Waals surface area contributed by atoms with Crippen LogP contribution in [0.1, 0.15) is 16.7 Å². The zero-order valence-electron chi connectivity index (χ0n) is 31.2. The maximum Gasteiger partial charge on any atom is 0.417 e. The topological polar surface area (TPSA) is 57.4 Å². The first-order valence-electron chi connectivity index (χ1n) is 19.2. The van der Waals surface area contributed by atoms with Gasteiger partial charge in [0.15, 0.2) is 0 Å². The van der Waals surface area contributed by atoms with Gasteiger partial charge in [0.1, 0.15) is 11.6 Å². The Morgan fingerprint density at radius 2 is 0.917 bits per heavy atom. The highest BCUT2D eigenvalue weighted by molar-refractivity contribution is 7.26. The molecule has 0 atom stereocenters. The molecule has 0 bridgehead atoms. The fourth-order valence-corrected chi connectivity index (χ4v) is 11.5. The summed E-state index contributed by atoms with van der Waals surface area (Å²) in [5.74, 6) is 0. The number of nitrogens with zero attached hydrogens (tertiary/aromatic N) is 4. The Kier molecular flexibility index (Phi) is 7.23. The minimum absolute atomic E-state index is 0.0891. The highest BCUT2D eigenvalue weighted by Gasteiger charge is 2.35. The summed E-state index contributed by atoms with van der Waals surface area (Å²) in [5.41, 5.74) is 3.66. The van der Waals surface area contributed by atoms with Crippen LogP contribution < -0.4 is 0 Å². The van der Waals surface area contributed by atoms with E-state index in [2.05, 4.69) is 66.7 Å². The van der Waals surface area contributed by atoms with E-state index in [1.165, 1.54) is 12.1 Å². The van der Waals surface area contributed by atoms with Crippen molar-refractivity contribution < 1.29 is 13.2 Å². The third-order valence-corrected chi connectivity index (χ3v) is 14.1. The molecule has 9 heteroatoms. The molecule has 12 aromatic rings. The van der Waals surface area contributed by atoms with E-state index in [0.29, 0.717) is 16.9 Å². The van der Waals surface area contributed by atoms with Gasteiger partial charge >= 0.3 is 6.18 Å². The van der Waals surface area contributed by atoms with Crippen molar-refractivity contribution >= 4 is 107 Å². The summed E-state index contributed by atoms with van der Waals surface area (Å²) in [7, 11) is 0. The molecule has 60 heavy (non-hydrogen) atoms. The minimum Gasteiger partial charge on any atom is -0.308 e. The molecular formula is C51H25F3N4S2. The first kappa shape index (κ1) is 34.6. The SMILES string of the molecule is N#Cc1ccc(-c2cc(-n3c4ccccc4c4cc5c(cc43)sc3ccccc35)c(C#N)c(-n3c4ccccc4c4cc5c(cc43)sc3ccccc35)c2)c(C(F)(F)F)c1. The predicted octanol–water partition coefficient (Wildman–Crippen LogP) is 15.0. The lowest BCUT2D eigenvalue weighted by atomic mass is 9.94. The number of hydrogen-bond acceptors (Lipinski definition) is 4. The van der Waals surface area contributed by atoms with Gasteiger partial charge in [0.25, 0.3) is 0 Å². The average Bonchev–Trinajstić information content (AvgIpc) is 4.01. The summed E-state index contributed by atoms with van der Waals surface area (Å²) in [5, 5.41) is 29.5. The molecule has 0 aliphatic heterocycles. The van der Waals surface area contributed by atoms with Gasteiger partial charge in [-0.1, -0.05) is 78.9 Å². The molecule has 4 heterocycles. The maximum absolute atomic E-state index is 15.1. The highest BCUT2D eigenvalue weighted by atomic mass is 32.1. The van der Waals surface area contributed by atoms with Crippen molar-refractivity contribution in [1.29, 1.82) is 10.5 Å². The second-order valence-electron chi connectivity index (χ2n) is 15.0. The quantitative estimate of drug-likeness (QED) is 0.178. The lowest BCUT2D eigenvalue weighted by Crippen LogP contribution is -2.09. The first-order chi connectivity index (χ1) is 29.3. The summed E-state index contributed by atoms with van der Waals surface area (Å²) >= 11 is 3.36. The second-order valence-corrected chi connectivity index (χ2v) is 17.2. The molecule has 8 aromatic carbocycles. The van der Waals surface area contributed by atoms with Crippen LogP contribution in [0, 0.1) is 22.7 Å². The van der Waals surface area contributed by atoms with E-state index in [0.717, 1.165) is 90.0 Å². The molecule has 0 amide bonds. The number of halogens is 3. The normalized spacial score (nSPS) is 12.2. The van der Waals surface area contributed by atoms with Crippen molar-refractivity contribution in [2.24, 2.45) is 0 Å². The van der Waals surface area contributed by atoms with E-state index < -0.39 is 11.7 Å². The number of rotatable bonds is 3. The summed E-state index contributed by atoms with van der Waals surface area (Å²) in [6, 6.07) is 52.8. The van der Waals surface area contributed by atoms with Gasteiger partial charge in [-0.3, -0.25) is 0 Å². The number of hydrogen-bond donors (Lipinski definition) is 0. The van der Waals surface area contributed by atoms with Crippen molar-refractivity contribution in [3.05, 3.63) is 168 Å². The summed E-state index contributed by atoms with van der Waals surface area (Å²) in [6.07, 6.45) is -4.77. The fourth-order valence-electron chi connectivity index (χ4n) is 9.23. The average molecular weight is 815 g/mol. The molecule has 282 valence electrons. The second kappa shape index (κ2) is 12.5. The molecule has 0 N–H and O–H groups in total.